The normalized spacial score (nSPS) is 27.2. The molecule has 0 aromatic heterocycles. The van der Waals surface area contributed by atoms with Gasteiger partial charge in [0.25, 0.3) is 0 Å². The molecule has 0 aliphatic heterocycles. The van der Waals surface area contributed by atoms with E-state index in [2.05, 4.69) is 5.32 Å². The van der Waals surface area contributed by atoms with Gasteiger partial charge in [0.05, 0.1) is 7.11 Å². The summed E-state index contributed by atoms with van der Waals surface area (Å²) >= 11 is 0. The van der Waals surface area contributed by atoms with E-state index >= 15 is 0 Å². The fourth-order valence-corrected chi connectivity index (χ4v) is 1.94. The second-order valence-corrected chi connectivity index (χ2v) is 5.40. The van der Waals surface area contributed by atoms with Crippen molar-refractivity contribution in [1.82, 2.24) is 5.32 Å². The predicted octanol–water partition coefficient (Wildman–Crippen LogP) is 1.85. The van der Waals surface area contributed by atoms with Crippen molar-refractivity contribution in [3.8, 4) is 0 Å². The van der Waals surface area contributed by atoms with E-state index < -0.39 is 23.2 Å². The second-order valence-electron chi connectivity index (χ2n) is 5.40. The van der Waals surface area contributed by atoms with Crippen LogP contribution in [0, 0.1) is 5.92 Å². The molecule has 1 rings (SSSR count). The first kappa shape index (κ1) is 13.8. The Bertz CT molecular complexity index is 321. The fraction of sp³-hybridized carbons (Fsp3) is 0.833. The monoisotopic (exact) mass is 243 g/mol. The molecule has 0 aromatic rings. The Morgan fingerprint density at radius 1 is 1.41 bits per heavy atom. The minimum absolute atomic E-state index is 0.141. The summed E-state index contributed by atoms with van der Waals surface area (Å²) in [6, 6.07) is 0. The van der Waals surface area contributed by atoms with Crippen molar-refractivity contribution in [2.45, 2.75) is 51.7 Å². The molecule has 2 atom stereocenters. The lowest BCUT2D eigenvalue weighted by Crippen LogP contribution is -2.47. The van der Waals surface area contributed by atoms with Crippen molar-refractivity contribution < 1.29 is 19.1 Å². The average molecular weight is 243 g/mol. The highest BCUT2D eigenvalue weighted by atomic mass is 16.6. The molecule has 0 spiro atoms. The number of hydrogen-bond acceptors (Lipinski definition) is 4. The standard InChI is InChI=1S/C12H21NO4/c1-6-8-7-12(8,9(14)16-5)13-10(15)17-11(2,3)4/h8H,6-7H2,1-5H3,(H,13,15)/t8-,12+/m1/s1. The maximum Gasteiger partial charge on any atom is 0.408 e. The highest BCUT2D eigenvalue weighted by Gasteiger charge is 2.61. The molecule has 1 aliphatic carbocycles. The summed E-state index contributed by atoms with van der Waals surface area (Å²) in [6.07, 6.45) is 0.874. The molecule has 5 nitrogen and oxygen atoms in total. The Balaban J connectivity index is 2.64. The molecule has 5 heteroatoms. The van der Waals surface area contributed by atoms with Crippen LogP contribution in [0.25, 0.3) is 0 Å². The molecule has 1 amide bonds. The van der Waals surface area contributed by atoms with Crippen LogP contribution in [0.15, 0.2) is 0 Å². The lowest BCUT2D eigenvalue weighted by molar-refractivity contribution is -0.144. The van der Waals surface area contributed by atoms with Crippen LogP contribution < -0.4 is 5.32 Å². The van der Waals surface area contributed by atoms with Gasteiger partial charge in [-0.2, -0.15) is 0 Å². The van der Waals surface area contributed by atoms with E-state index in [-0.39, 0.29) is 5.92 Å². The first-order valence-electron chi connectivity index (χ1n) is 5.84. The molecule has 0 saturated heterocycles. The maximum absolute atomic E-state index is 11.7. The zero-order chi connectivity index (χ0) is 13.3. The highest BCUT2D eigenvalue weighted by Crippen LogP contribution is 2.46. The van der Waals surface area contributed by atoms with Gasteiger partial charge >= 0.3 is 12.1 Å². The third-order valence-electron chi connectivity index (χ3n) is 2.87. The van der Waals surface area contributed by atoms with Crippen molar-refractivity contribution in [3.05, 3.63) is 0 Å². The SMILES string of the molecule is CC[C@@H]1C[C@@]1(NC(=O)OC(C)(C)C)C(=O)OC. The number of esters is 1. The first-order chi connectivity index (χ1) is 7.75. The lowest BCUT2D eigenvalue weighted by atomic mass is 10.1. The van der Waals surface area contributed by atoms with Gasteiger partial charge in [-0.05, 0) is 33.1 Å². The van der Waals surface area contributed by atoms with Gasteiger partial charge in [0, 0.05) is 0 Å². The van der Waals surface area contributed by atoms with Crippen molar-refractivity contribution in [2.24, 2.45) is 5.92 Å². The van der Waals surface area contributed by atoms with Gasteiger partial charge in [-0.15, -0.1) is 0 Å². The molecule has 0 heterocycles. The fourth-order valence-electron chi connectivity index (χ4n) is 1.94. The largest absolute Gasteiger partial charge is 0.467 e. The Labute approximate surface area is 102 Å². The minimum atomic E-state index is -0.869. The van der Waals surface area contributed by atoms with Gasteiger partial charge in [0.2, 0.25) is 0 Å². The number of alkyl carbamates (subject to hydrolysis) is 1. The molecular weight excluding hydrogens is 222 g/mol. The zero-order valence-corrected chi connectivity index (χ0v) is 11.1. The summed E-state index contributed by atoms with van der Waals surface area (Å²) < 4.78 is 9.87. The summed E-state index contributed by atoms with van der Waals surface area (Å²) in [5.74, 6) is -0.252. The Hall–Kier alpha value is -1.26. The van der Waals surface area contributed by atoms with Crippen LogP contribution in [0.3, 0.4) is 0 Å². The molecule has 1 fully saturated rings. The van der Waals surface area contributed by atoms with E-state index in [1.54, 1.807) is 20.8 Å². The predicted molar refractivity (Wildman–Crippen MR) is 62.5 cm³/mol. The van der Waals surface area contributed by atoms with Gasteiger partial charge in [0.15, 0.2) is 0 Å². The summed E-state index contributed by atoms with van der Waals surface area (Å²) in [6.45, 7) is 7.32. The van der Waals surface area contributed by atoms with Crippen LogP contribution in [0.1, 0.15) is 40.5 Å². The Morgan fingerprint density at radius 3 is 2.35 bits per heavy atom. The van der Waals surface area contributed by atoms with E-state index in [1.807, 2.05) is 6.92 Å². The van der Waals surface area contributed by atoms with E-state index in [0.29, 0.717) is 6.42 Å². The van der Waals surface area contributed by atoms with E-state index in [1.165, 1.54) is 7.11 Å². The number of amides is 1. The molecule has 1 aliphatic rings. The van der Waals surface area contributed by atoms with Gasteiger partial charge in [-0.1, -0.05) is 13.3 Å². The van der Waals surface area contributed by atoms with E-state index in [4.69, 9.17) is 9.47 Å². The molecular formula is C12H21NO4. The average Bonchev–Trinajstić information content (AvgIpc) is 2.88. The van der Waals surface area contributed by atoms with E-state index in [0.717, 1.165) is 6.42 Å². The third kappa shape index (κ3) is 3.11. The Morgan fingerprint density at radius 2 is 2.00 bits per heavy atom. The molecule has 98 valence electrons. The quantitative estimate of drug-likeness (QED) is 0.768. The topological polar surface area (TPSA) is 64.6 Å². The van der Waals surface area contributed by atoms with Crippen molar-refractivity contribution in [2.75, 3.05) is 7.11 Å². The number of ether oxygens (including phenoxy) is 2. The summed E-state index contributed by atoms with van der Waals surface area (Å²) in [5, 5.41) is 2.64. The molecule has 0 aromatic carbocycles. The summed E-state index contributed by atoms with van der Waals surface area (Å²) in [7, 11) is 1.33. The van der Waals surface area contributed by atoms with Crippen LogP contribution in [-0.4, -0.2) is 30.3 Å². The van der Waals surface area contributed by atoms with Crippen LogP contribution in [0.2, 0.25) is 0 Å². The lowest BCUT2D eigenvalue weighted by Gasteiger charge is -2.23. The molecule has 0 radical (unpaired) electrons. The Kier molecular flexibility index (Phi) is 3.69. The molecule has 1 saturated carbocycles. The van der Waals surface area contributed by atoms with Crippen molar-refractivity contribution in [1.29, 1.82) is 0 Å². The summed E-state index contributed by atoms with van der Waals surface area (Å²) in [4.78, 5) is 23.3. The maximum atomic E-state index is 11.7. The van der Waals surface area contributed by atoms with Crippen molar-refractivity contribution >= 4 is 12.1 Å². The van der Waals surface area contributed by atoms with E-state index in [9.17, 15) is 9.59 Å². The number of nitrogens with one attached hydrogen (secondary N) is 1. The molecule has 17 heavy (non-hydrogen) atoms. The number of carbonyl (C=O) groups is 2. The molecule has 0 bridgehead atoms. The molecule has 0 unspecified atom stereocenters. The van der Waals surface area contributed by atoms with Gasteiger partial charge in [-0.25, -0.2) is 9.59 Å². The third-order valence-corrected chi connectivity index (χ3v) is 2.87. The minimum Gasteiger partial charge on any atom is -0.467 e. The number of rotatable bonds is 3. The van der Waals surface area contributed by atoms with Gasteiger partial charge in [-0.3, -0.25) is 0 Å². The number of carbonyl (C=O) groups excluding carboxylic acids is 2. The zero-order valence-electron chi connectivity index (χ0n) is 11.1. The molecule has 1 N–H and O–H groups in total. The van der Waals surface area contributed by atoms with Crippen LogP contribution >= 0.6 is 0 Å². The summed E-state index contributed by atoms with van der Waals surface area (Å²) in [5.41, 5.74) is -1.44. The van der Waals surface area contributed by atoms with Crippen LogP contribution in [0.4, 0.5) is 4.79 Å². The second kappa shape index (κ2) is 4.55. The number of methoxy groups -OCH3 is 1. The number of hydrogen-bond donors (Lipinski definition) is 1. The van der Waals surface area contributed by atoms with Crippen LogP contribution in [0.5, 0.6) is 0 Å². The van der Waals surface area contributed by atoms with Gasteiger partial charge in [0.1, 0.15) is 11.1 Å². The van der Waals surface area contributed by atoms with Crippen molar-refractivity contribution in [3.63, 3.8) is 0 Å². The van der Waals surface area contributed by atoms with Gasteiger partial charge < -0.3 is 14.8 Å². The highest BCUT2D eigenvalue weighted by molar-refractivity contribution is 5.89. The smallest absolute Gasteiger partial charge is 0.408 e. The van der Waals surface area contributed by atoms with Crippen LogP contribution in [-0.2, 0) is 14.3 Å². The first-order valence-corrected chi connectivity index (χ1v) is 5.84.